The highest BCUT2D eigenvalue weighted by Gasteiger charge is 2.63. The lowest BCUT2D eigenvalue weighted by Gasteiger charge is -2.31. The zero-order valence-electron chi connectivity index (χ0n) is 10.4. The Morgan fingerprint density at radius 1 is 1.33 bits per heavy atom. The monoisotopic (exact) mass is 207 g/mol. The number of hydrogen-bond donors (Lipinski definition) is 0. The first-order valence-corrected chi connectivity index (χ1v) is 5.73. The molecular formula is C13H21NO. The molecule has 2 aliphatic rings. The highest BCUT2D eigenvalue weighted by Crippen LogP contribution is 2.65. The Kier molecular flexibility index (Phi) is 2.05. The third kappa shape index (κ3) is 1.14. The minimum atomic E-state index is -0.112. The van der Waals surface area contributed by atoms with Crippen LogP contribution in [0.2, 0.25) is 0 Å². The van der Waals surface area contributed by atoms with Crippen LogP contribution in [-0.4, -0.2) is 24.8 Å². The zero-order chi connectivity index (χ0) is 11.4. The summed E-state index contributed by atoms with van der Waals surface area (Å²) in [6.45, 7) is 6.64. The van der Waals surface area contributed by atoms with E-state index in [9.17, 15) is 4.79 Å². The highest BCUT2D eigenvalue weighted by atomic mass is 16.1. The summed E-state index contributed by atoms with van der Waals surface area (Å²) < 4.78 is 0. The molecule has 0 amide bonds. The lowest BCUT2D eigenvalue weighted by Crippen LogP contribution is -2.32. The molecule has 84 valence electrons. The first-order valence-electron chi connectivity index (χ1n) is 5.73. The summed E-state index contributed by atoms with van der Waals surface area (Å²) in [5.74, 6) is 0.856. The molecule has 0 radical (unpaired) electrons. The average molecular weight is 207 g/mol. The van der Waals surface area contributed by atoms with Gasteiger partial charge >= 0.3 is 0 Å². The second-order valence-electron chi connectivity index (χ2n) is 6.02. The van der Waals surface area contributed by atoms with Gasteiger partial charge in [0.1, 0.15) is 0 Å². The van der Waals surface area contributed by atoms with Gasteiger partial charge in [-0.25, -0.2) is 0 Å². The molecule has 2 unspecified atom stereocenters. The largest absolute Gasteiger partial charge is 0.383 e. The molecule has 2 aliphatic carbocycles. The van der Waals surface area contributed by atoms with Gasteiger partial charge in [0.2, 0.25) is 0 Å². The summed E-state index contributed by atoms with van der Waals surface area (Å²) in [5.41, 5.74) is 1.09. The summed E-state index contributed by atoms with van der Waals surface area (Å²) in [6.07, 6.45) is 4.27. The van der Waals surface area contributed by atoms with Crippen LogP contribution >= 0.6 is 0 Å². The van der Waals surface area contributed by atoms with Crippen LogP contribution in [0.4, 0.5) is 0 Å². The van der Waals surface area contributed by atoms with Gasteiger partial charge in [0.25, 0.3) is 0 Å². The van der Waals surface area contributed by atoms with Crippen molar-refractivity contribution >= 4 is 5.78 Å². The van der Waals surface area contributed by atoms with Crippen molar-refractivity contribution in [2.45, 2.75) is 33.6 Å². The quantitative estimate of drug-likeness (QED) is 0.616. The Morgan fingerprint density at radius 3 is 2.33 bits per heavy atom. The molecule has 2 bridgehead atoms. The molecular weight excluding hydrogens is 186 g/mol. The molecule has 2 heteroatoms. The van der Waals surface area contributed by atoms with Gasteiger partial charge in [-0.3, -0.25) is 4.79 Å². The van der Waals surface area contributed by atoms with Gasteiger partial charge in [-0.1, -0.05) is 20.8 Å². The van der Waals surface area contributed by atoms with Gasteiger partial charge in [-0.2, -0.15) is 0 Å². The van der Waals surface area contributed by atoms with Crippen LogP contribution in [0.15, 0.2) is 11.8 Å². The predicted octanol–water partition coefficient (Wildman–Crippen LogP) is 2.46. The number of rotatable bonds is 1. The number of carbonyl (C=O) groups is 1. The minimum absolute atomic E-state index is 0.112. The van der Waals surface area contributed by atoms with Crippen molar-refractivity contribution in [1.29, 1.82) is 0 Å². The average Bonchev–Trinajstić information content (AvgIpc) is 2.40. The number of hydrogen-bond acceptors (Lipinski definition) is 2. The smallest absolute Gasteiger partial charge is 0.167 e. The standard InChI is InChI=1S/C13H21NO/c1-12(2)10-6-7-13(12,3)11(15)9(10)8-14(4)5/h8,10H,6-7H2,1-5H3/b9-8-. The number of ketones is 1. The molecule has 0 aromatic rings. The summed E-state index contributed by atoms with van der Waals surface area (Å²) in [4.78, 5) is 14.3. The Hall–Kier alpha value is -0.790. The fraction of sp³-hybridized carbons (Fsp3) is 0.769. The Morgan fingerprint density at radius 2 is 1.93 bits per heavy atom. The first kappa shape index (κ1) is 10.7. The Bertz CT molecular complexity index is 340. The number of allylic oxidation sites excluding steroid dienone is 1. The van der Waals surface area contributed by atoms with Gasteiger partial charge < -0.3 is 4.90 Å². The number of nitrogens with zero attached hydrogens (tertiary/aromatic N) is 1. The molecule has 15 heavy (non-hydrogen) atoms. The summed E-state index contributed by atoms with van der Waals surface area (Å²) in [6, 6.07) is 0. The van der Waals surface area contributed by atoms with Crippen molar-refractivity contribution < 1.29 is 4.79 Å². The number of carbonyl (C=O) groups excluding carboxylic acids is 1. The van der Waals surface area contributed by atoms with Crippen molar-refractivity contribution in [1.82, 2.24) is 4.90 Å². The van der Waals surface area contributed by atoms with E-state index in [-0.39, 0.29) is 10.8 Å². The molecule has 2 fully saturated rings. The van der Waals surface area contributed by atoms with Gasteiger partial charge in [-0.05, 0) is 24.2 Å². The van der Waals surface area contributed by atoms with E-state index in [1.54, 1.807) is 0 Å². The molecule has 2 atom stereocenters. The maximum absolute atomic E-state index is 12.3. The molecule has 0 aromatic heterocycles. The SMILES string of the molecule is CN(C)/C=C1\C(=O)C2(C)CCC1C2(C)C. The van der Waals surface area contributed by atoms with Crippen LogP contribution in [-0.2, 0) is 4.79 Å². The zero-order valence-corrected chi connectivity index (χ0v) is 10.4. The van der Waals surface area contributed by atoms with Crippen molar-refractivity contribution in [3.63, 3.8) is 0 Å². The molecule has 0 N–H and O–H groups in total. The fourth-order valence-electron chi connectivity index (χ4n) is 3.35. The van der Waals surface area contributed by atoms with Crippen molar-refractivity contribution in [2.24, 2.45) is 16.7 Å². The normalized spacial score (nSPS) is 40.2. The highest BCUT2D eigenvalue weighted by molar-refractivity contribution is 6.04. The molecule has 0 saturated heterocycles. The van der Waals surface area contributed by atoms with Crippen molar-refractivity contribution in [3.8, 4) is 0 Å². The predicted molar refractivity (Wildman–Crippen MR) is 61.4 cm³/mol. The van der Waals surface area contributed by atoms with E-state index in [2.05, 4.69) is 20.8 Å². The van der Waals surface area contributed by atoms with E-state index >= 15 is 0 Å². The molecule has 2 saturated carbocycles. The summed E-state index contributed by atoms with van der Waals surface area (Å²) >= 11 is 0. The minimum Gasteiger partial charge on any atom is -0.383 e. The van der Waals surface area contributed by atoms with Crippen LogP contribution in [0.25, 0.3) is 0 Å². The van der Waals surface area contributed by atoms with E-state index in [1.165, 1.54) is 6.42 Å². The van der Waals surface area contributed by atoms with E-state index in [0.29, 0.717) is 11.7 Å². The number of fused-ring (bicyclic) bond motifs is 2. The van der Waals surface area contributed by atoms with E-state index in [4.69, 9.17) is 0 Å². The maximum Gasteiger partial charge on any atom is 0.167 e. The molecule has 2 rings (SSSR count). The van der Waals surface area contributed by atoms with Crippen LogP contribution in [0, 0.1) is 16.7 Å². The fourth-order valence-corrected chi connectivity index (χ4v) is 3.35. The second kappa shape index (κ2) is 2.87. The van der Waals surface area contributed by atoms with Crippen LogP contribution < -0.4 is 0 Å². The lowest BCUT2D eigenvalue weighted by atomic mass is 9.70. The molecule has 0 aromatic carbocycles. The second-order valence-corrected chi connectivity index (χ2v) is 6.02. The summed E-state index contributed by atoms with van der Waals surface area (Å²) in [7, 11) is 3.98. The first-order chi connectivity index (χ1) is 6.80. The van der Waals surface area contributed by atoms with E-state index < -0.39 is 0 Å². The van der Waals surface area contributed by atoms with Crippen LogP contribution in [0.3, 0.4) is 0 Å². The van der Waals surface area contributed by atoms with Crippen molar-refractivity contribution in [3.05, 3.63) is 11.8 Å². The topological polar surface area (TPSA) is 20.3 Å². The third-order valence-electron chi connectivity index (χ3n) is 4.76. The maximum atomic E-state index is 12.3. The Balaban J connectivity index is 2.47. The molecule has 0 spiro atoms. The van der Waals surface area contributed by atoms with Crippen LogP contribution in [0.1, 0.15) is 33.6 Å². The number of Topliss-reactive ketones (excluding diaryl/α,β-unsaturated/α-hetero) is 1. The van der Waals surface area contributed by atoms with Gasteiger partial charge in [0.05, 0.1) is 0 Å². The Labute approximate surface area is 92.3 Å². The van der Waals surface area contributed by atoms with Crippen LogP contribution in [0.5, 0.6) is 0 Å². The van der Waals surface area contributed by atoms with Crippen molar-refractivity contribution in [2.75, 3.05) is 14.1 Å². The van der Waals surface area contributed by atoms with E-state index in [1.807, 2.05) is 25.2 Å². The molecule has 0 aliphatic heterocycles. The molecule has 2 nitrogen and oxygen atoms in total. The summed E-state index contributed by atoms with van der Waals surface area (Å²) in [5, 5.41) is 0. The van der Waals surface area contributed by atoms with Gasteiger partial charge in [0, 0.05) is 31.3 Å². The van der Waals surface area contributed by atoms with Gasteiger partial charge in [-0.15, -0.1) is 0 Å². The lowest BCUT2D eigenvalue weighted by molar-refractivity contribution is -0.125. The van der Waals surface area contributed by atoms with E-state index in [0.717, 1.165) is 12.0 Å². The van der Waals surface area contributed by atoms with Gasteiger partial charge in [0.15, 0.2) is 5.78 Å². The molecule has 0 heterocycles. The third-order valence-corrected chi connectivity index (χ3v) is 4.76.